The van der Waals surface area contributed by atoms with Crippen LogP contribution in [0.1, 0.15) is 37.4 Å². The number of ether oxygens (including phenoxy) is 1. The zero-order valence-electron chi connectivity index (χ0n) is 15.5. The number of carbonyl (C=O) groups excluding carboxylic acids is 1. The van der Waals surface area contributed by atoms with Gasteiger partial charge in [-0.3, -0.25) is 4.79 Å². The third kappa shape index (κ3) is 2.84. The Kier molecular flexibility index (Phi) is 4.36. The third-order valence-electron chi connectivity index (χ3n) is 6.38. The van der Waals surface area contributed by atoms with Gasteiger partial charge in [0.15, 0.2) is 0 Å². The van der Waals surface area contributed by atoms with Crippen LogP contribution in [-0.4, -0.2) is 43.2 Å². The summed E-state index contributed by atoms with van der Waals surface area (Å²) >= 11 is 0. The quantitative estimate of drug-likeness (QED) is 0.898. The Hall–Kier alpha value is -2.13. The number of hydrogen-bond donors (Lipinski definition) is 1. The highest BCUT2D eigenvalue weighted by Gasteiger charge is 2.54. The summed E-state index contributed by atoms with van der Waals surface area (Å²) in [7, 11) is 0. The highest BCUT2D eigenvalue weighted by Crippen LogP contribution is 2.44. The molecule has 1 aliphatic carbocycles. The van der Waals surface area contributed by atoms with Crippen molar-refractivity contribution in [3.05, 3.63) is 23.4 Å². The van der Waals surface area contributed by atoms with Crippen LogP contribution in [0.5, 0.6) is 0 Å². The first kappa shape index (κ1) is 17.3. The summed E-state index contributed by atoms with van der Waals surface area (Å²) < 4.78 is 5.70. The van der Waals surface area contributed by atoms with E-state index in [-0.39, 0.29) is 17.2 Å². The Bertz CT molecular complexity index is 753. The summed E-state index contributed by atoms with van der Waals surface area (Å²) in [6.07, 6.45) is 2.93. The van der Waals surface area contributed by atoms with Crippen LogP contribution in [0.15, 0.2) is 12.1 Å². The van der Waals surface area contributed by atoms with Crippen molar-refractivity contribution < 1.29 is 9.53 Å². The molecule has 0 radical (unpaired) electrons. The van der Waals surface area contributed by atoms with E-state index in [4.69, 9.17) is 10.00 Å². The smallest absolute Gasteiger partial charge is 0.228 e. The Balaban J connectivity index is 1.55. The molecule has 6 nitrogen and oxygen atoms in total. The minimum atomic E-state index is -0.388. The highest BCUT2D eigenvalue weighted by atomic mass is 16.5. The number of aromatic nitrogens is 1. The number of carbonyl (C=O) groups is 1. The zero-order valence-corrected chi connectivity index (χ0v) is 15.5. The molecular formula is C20H26N4O2. The van der Waals surface area contributed by atoms with Crippen molar-refractivity contribution >= 4 is 11.7 Å². The van der Waals surface area contributed by atoms with Gasteiger partial charge in [0.2, 0.25) is 5.91 Å². The van der Waals surface area contributed by atoms with Gasteiger partial charge in [0.05, 0.1) is 23.3 Å². The van der Waals surface area contributed by atoms with Crippen molar-refractivity contribution in [2.75, 3.05) is 31.2 Å². The molecule has 3 heterocycles. The van der Waals surface area contributed by atoms with Gasteiger partial charge in [-0.1, -0.05) is 6.92 Å². The maximum Gasteiger partial charge on any atom is 0.228 e. The van der Waals surface area contributed by atoms with E-state index in [1.54, 1.807) is 0 Å². The molecule has 6 heteroatoms. The van der Waals surface area contributed by atoms with Crippen LogP contribution < -0.4 is 10.2 Å². The Morgan fingerprint density at radius 2 is 2.27 bits per heavy atom. The normalized spacial score (nSPS) is 33.1. The topological polar surface area (TPSA) is 78.2 Å². The van der Waals surface area contributed by atoms with Gasteiger partial charge in [-0.25, -0.2) is 4.98 Å². The summed E-state index contributed by atoms with van der Waals surface area (Å²) in [5.41, 5.74) is 0.943. The van der Waals surface area contributed by atoms with Gasteiger partial charge in [-0.2, -0.15) is 5.26 Å². The lowest BCUT2D eigenvalue weighted by atomic mass is 9.72. The summed E-state index contributed by atoms with van der Waals surface area (Å²) in [6, 6.07) is 6.20. The van der Waals surface area contributed by atoms with Crippen LogP contribution in [0.25, 0.3) is 0 Å². The molecule has 0 aromatic carbocycles. The van der Waals surface area contributed by atoms with Crippen LogP contribution in [0, 0.1) is 35.5 Å². The van der Waals surface area contributed by atoms with Crippen molar-refractivity contribution in [3.63, 3.8) is 0 Å². The van der Waals surface area contributed by atoms with Gasteiger partial charge in [-0.15, -0.1) is 0 Å². The molecule has 26 heavy (non-hydrogen) atoms. The van der Waals surface area contributed by atoms with Crippen molar-refractivity contribution in [3.8, 4) is 6.07 Å². The minimum absolute atomic E-state index is 0.187. The van der Waals surface area contributed by atoms with Crippen molar-refractivity contribution in [1.82, 2.24) is 10.3 Å². The van der Waals surface area contributed by atoms with E-state index in [1.807, 2.05) is 19.1 Å². The second kappa shape index (κ2) is 6.55. The maximum absolute atomic E-state index is 13.2. The van der Waals surface area contributed by atoms with E-state index in [0.717, 1.165) is 37.3 Å². The van der Waals surface area contributed by atoms with Crippen LogP contribution in [0.4, 0.5) is 5.82 Å². The maximum atomic E-state index is 13.2. The SMILES string of the molecule is Cc1nc(N2CC3COCCC3(C(=O)NC3CC(C)C3)C2)ccc1C#N. The molecule has 1 amide bonds. The number of aryl methyl sites for hydroxylation is 1. The van der Waals surface area contributed by atoms with Crippen LogP contribution >= 0.6 is 0 Å². The van der Waals surface area contributed by atoms with Gasteiger partial charge in [0, 0.05) is 31.7 Å². The molecular weight excluding hydrogens is 328 g/mol. The first-order chi connectivity index (χ1) is 12.5. The first-order valence-corrected chi connectivity index (χ1v) is 9.53. The lowest BCUT2D eigenvalue weighted by Gasteiger charge is -2.40. The molecule has 138 valence electrons. The van der Waals surface area contributed by atoms with E-state index >= 15 is 0 Å². The largest absolute Gasteiger partial charge is 0.381 e. The fourth-order valence-corrected chi connectivity index (χ4v) is 4.69. The monoisotopic (exact) mass is 354 g/mol. The fraction of sp³-hybridized carbons (Fsp3) is 0.650. The number of nitriles is 1. The van der Waals surface area contributed by atoms with E-state index in [9.17, 15) is 4.79 Å². The second-order valence-corrected chi connectivity index (χ2v) is 8.22. The van der Waals surface area contributed by atoms with Gasteiger partial charge < -0.3 is 15.0 Å². The van der Waals surface area contributed by atoms with Gasteiger partial charge >= 0.3 is 0 Å². The van der Waals surface area contributed by atoms with E-state index < -0.39 is 0 Å². The van der Waals surface area contributed by atoms with Gasteiger partial charge in [-0.05, 0) is 44.2 Å². The van der Waals surface area contributed by atoms with E-state index in [2.05, 4.69) is 28.2 Å². The molecule has 2 saturated heterocycles. The van der Waals surface area contributed by atoms with E-state index in [1.165, 1.54) is 0 Å². The average molecular weight is 354 g/mol. The Morgan fingerprint density at radius 1 is 1.46 bits per heavy atom. The Labute approximate surface area is 154 Å². The minimum Gasteiger partial charge on any atom is -0.381 e. The number of anilines is 1. The van der Waals surface area contributed by atoms with Crippen molar-refractivity contribution in [2.24, 2.45) is 17.3 Å². The predicted octanol–water partition coefficient (Wildman–Crippen LogP) is 2.02. The number of nitrogens with zero attached hydrogens (tertiary/aromatic N) is 3. The molecule has 2 aliphatic heterocycles. The number of amides is 1. The zero-order chi connectivity index (χ0) is 18.3. The number of fused-ring (bicyclic) bond motifs is 1. The molecule has 4 rings (SSSR count). The van der Waals surface area contributed by atoms with Crippen molar-refractivity contribution in [1.29, 1.82) is 5.26 Å². The average Bonchev–Trinajstić information content (AvgIpc) is 3.01. The van der Waals surface area contributed by atoms with E-state index in [0.29, 0.717) is 37.3 Å². The number of nitrogens with one attached hydrogen (secondary N) is 1. The molecule has 2 atom stereocenters. The molecule has 3 aliphatic rings. The van der Waals surface area contributed by atoms with Crippen LogP contribution in [-0.2, 0) is 9.53 Å². The summed E-state index contributed by atoms with van der Waals surface area (Å²) in [4.78, 5) is 20.0. The molecule has 1 aromatic rings. The molecule has 1 N–H and O–H groups in total. The summed E-state index contributed by atoms with van der Waals surface area (Å²) in [5.74, 6) is 1.94. The molecule has 0 bridgehead atoms. The number of pyridine rings is 1. The molecule has 2 unspecified atom stereocenters. The number of hydrogen-bond acceptors (Lipinski definition) is 5. The lowest BCUT2D eigenvalue weighted by Crippen LogP contribution is -2.55. The van der Waals surface area contributed by atoms with Crippen molar-refractivity contribution in [2.45, 2.75) is 39.2 Å². The van der Waals surface area contributed by atoms with Crippen LogP contribution in [0.3, 0.4) is 0 Å². The molecule has 1 aromatic heterocycles. The lowest BCUT2D eigenvalue weighted by molar-refractivity contribution is -0.140. The molecule has 1 saturated carbocycles. The predicted molar refractivity (Wildman–Crippen MR) is 97.6 cm³/mol. The third-order valence-corrected chi connectivity index (χ3v) is 6.38. The molecule has 3 fully saturated rings. The summed E-state index contributed by atoms with van der Waals surface area (Å²) in [5, 5.41) is 12.4. The second-order valence-electron chi connectivity index (χ2n) is 8.22. The summed E-state index contributed by atoms with van der Waals surface area (Å²) in [6.45, 7) is 6.79. The standard InChI is InChI=1S/C20H26N4O2/c1-13-7-17(8-13)23-19(25)20-5-6-26-11-16(20)10-24(12-20)18-4-3-15(9-21)14(2)22-18/h3-4,13,16-17H,5-8,10-12H2,1-2H3,(H,23,25). The first-order valence-electron chi connectivity index (χ1n) is 9.53. The Morgan fingerprint density at radius 3 is 2.96 bits per heavy atom. The van der Waals surface area contributed by atoms with Crippen LogP contribution in [0.2, 0.25) is 0 Å². The highest BCUT2D eigenvalue weighted by molar-refractivity contribution is 5.85. The molecule has 0 spiro atoms. The van der Waals surface area contributed by atoms with Gasteiger partial charge in [0.25, 0.3) is 0 Å². The van der Waals surface area contributed by atoms with Gasteiger partial charge in [0.1, 0.15) is 11.9 Å². The fourth-order valence-electron chi connectivity index (χ4n) is 4.69. The number of rotatable bonds is 3.